The average molecular weight is 465 g/mol. The van der Waals surface area contributed by atoms with E-state index in [4.69, 9.17) is 9.73 Å². The Bertz CT molecular complexity index is 497. The number of nitrogens with zero attached hydrogens (tertiary/aromatic N) is 3. The van der Waals surface area contributed by atoms with Crippen LogP contribution in [0, 0.1) is 0 Å². The van der Waals surface area contributed by atoms with Gasteiger partial charge in [-0.25, -0.2) is 9.98 Å². The third-order valence-electron chi connectivity index (χ3n) is 3.53. The van der Waals surface area contributed by atoms with Gasteiger partial charge in [0.2, 0.25) is 0 Å². The maximum absolute atomic E-state index is 5.43. The molecule has 0 amide bonds. The van der Waals surface area contributed by atoms with Crippen LogP contribution in [0.4, 0.5) is 5.82 Å². The molecule has 136 valence electrons. The summed E-state index contributed by atoms with van der Waals surface area (Å²) in [6.07, 6.45) is 3.95. The molecule has 2 rings (SSSR count). The number of anilines is 1. The second-order valence-electron chi connectivity index (χ2n) is 5.20. The molecule has 0 spiro atoms. The molecule has 1 aromatic rings. The van der Waals surface area contributed by atoms with E-state index >= 15 is 0 Å². The van der Waals surface area contributed by atoms with Gasteiger partial charge in [0.25, 0.3) is 0 Å². The Morgan fingerprint density at radius 2 is 2.17 bits per heavy atom. The smallest absolute Gasteiger partial charge is 0.191 e. The lowest BCUT2D eigenvalue weighted by molar-refractivity contribution is 0.122. The number of hydrogen-bond donors (Lipinski definition) is 2. The van der Waals surface area contributed by atoms with Crippen LogP contribution in [-0.2, 0) is 11.3 Å². The molecule has 1 aliphatic rings. The lowest BCUT2D eigenvalue weighted by atomic mass is 10.2. The summed E-state index contributed by atoms with van der Waals surface area (Å²) in [6, 6.07) is 4.08. The lowest BCUT2D eigenvalue weighted by Crippen LogP contribution is -2.38. The fourth-order valence-electron chi connectivity index (χ4n) is 2.39. The van der Waals surface area contributed by atoms with Crippen LogP contribution in [0.5, 0.6) is 0 Å². The molecule has 8 heteroatoms. The van der Waals surface area contributed by atoms with Gasteiger partial charge in [0.1, 0.15) is 5.82 Å². The third kappa shape index (κ3) is 7.02. The normalized spacial score (nSPS) is 14.9. The molecule has 0 unspecified atom stereocenters. The van der Waals surface area contributed by atoms with E-state index in [1.807, 2.05) is 24.0 Å². The molecular formula is C16H28IN5OS. The van der Waals surface area contributed by atoms with E-state index in [9.17, 15) is 0 Å². The highest BCUT2D eigenvalue weighted by Gasteiger charge is 2.15. The molecule has 2 N–H and O–H groups in total. The first-order valence-corrected chi connectivity index (χ1v) is 9.52. The Labute approximate surface area is 166 Å². The average Bonchev–Trinajstić information content (AvgIpc) is 2.61. The maximum atomic E-state index is 5.43. The SMILES string of the molecule is CCNC(=NCc1cccnc1N1CCOCC1)NCCSC.I. The highest BCUT2D eigenvalue weighted by atomic mass is 127. The van der Waals surface area contributed by atoms with Crippen molar-refractivity contribution in [2.75, 3.05) is 56.3 Å². The molecule has 2 heterocycles. The summed E-state index contributed by atoms with van der Waals surface area (Å²) in [5.41, 5.74) is 1.15. The van der Waals surface area contributed by atoms with Gasteiger partial charge in [-0.3, -0.25) is 0 Å². The molecule has 0 aliphatic carbocycles. The Hall–Kier alpha value is -0.740. The molecule has 1 aromatic heterocycles. The predicted molar refractivity (Wildman–Crippen MR) is 114 cm³/mol. The summed E-state index contributed by atoms with van der Waals surface area (Å²) in [4.78, 5) is 11.5. The highest BCUT2D eigenvalue weighted by molar-refractivity contribution is 14.0. The van der Waals surface area contributed by atoms with Crippen LogP contribution < -0.4 is 15.5 Å². The number of nitrogens with one attached hydrogen (secondary N) is 2. The minimum atomic E-state index is 0. The number of ether oxygens (including phenoxy) is 1. The summed E-state index contributed by atoms with van der Waals surface area (Å²) in [5.74, 6) is 2.95. The Morgan fingerprint density at radius 3 is 2.88 bits per heavy atom. The van der Waals surface area contributed by atoms with Gasteiger partial charge in [-0.15, -0.1) is 24.0 Å². The van der Waals surface area contributed by atoms with Crippen LogP contribution in [-0.4, -0.2) is 62.3 Å². The van der Waals surface area contributed by atoms with Gasteiger partial charge in [0.15, 0.2) is 5.96 Å². The number of aliphatic imine (C=N–C) groups is 1. The quantitative estimate of drug-likeness (QED) is 0.278. The van der Waals surface area contributed by atoms with Crippen LogP contribution in [0.25, 0.3) is 0 Å². The van der Waals surface area contributed by atoms with Gasteiger partial charge in [-0.05, 0) is 19.2 Å². The van der Waals surface area contributed by atoms with Crippen molar-refractivity contribution >= 4 is 47.5 Å². The summed E-state index contributed by atoms with van der Waals surface area (Å²) in [5, 5.41) is 6.64. The topological polar surface area (TPSA) is 61.8 Å². The second kappa shape index (κ2) is 12.6. The molecular weight excluding hydrogens is 437 g/mol. The van der Waals surface area contributed by atoms with Crippen molar-refractivity contribution in [1.29, 1.82) is 0 Å². The van der Waals surface area contributed by atoms with E-state index in [2.05, 4.69) is 39.8 Å². The van der Waals surface area contributed by atoms with Crippen LogP contribution in [0.2, 0.25) is 0 Å². The molecule has 6 nitrogen and oxygen atoms in total. The Kier molecular flexibility index (Phi) is 11.2. The fraction of sp³-hybridized carbons (Fsp3) is 0.625. The second-order valence-corrected chi connectivity index (χ2v) is 6.19. The number of guanidine groups is 1. The first-order chi connectivity index (χ1) is 11.3. The molecule has 0 saturated carbocycles. The molecule has 1 aliphatic heterocycles. The summed E-state index contributed by atoms with van der Waals surface area (Å²) in [7, 11) is 0. The van der Waals surface area contributed by atoms with Crippen molar-refractivity contribution in [3.63, 3.8) is 0 Å². The summed E-state index contributed by atoms with van der Waals surface area (Å²) in [6.45, 7) is 7.77. The van der Waals surface area contributed by atoms with Crippen molar-refractivity contribution in [1.82, 2.24) is 15.6 Å². The first kappa shape index (κ1) is 21.3. The van der Waals surface area contributed by atoms with E-state index in [0.717, 1.165) is 62.5 Å². The molecule has 1 saturated heterocycles. The number of morpholine rings is 1. The minimum Gasteiger partial charge on any atom is -0.378 e. The highest BCUT2D eigenvalue weighted by Crippen LogP contribution is 2.19. The van der Waals surface area contributed by atoms with Crippen LogP contribution in [0.3, 0.4) is 0 Å². The largest absolute Gasteiger partial charge is 0.378 e. The summed E-state index contributed by atoms with van der Waals surface area (Å²) < 4.78 is 5.43. The van der Waals surface area contributed by atoms with Gasteiger partial charge >= 0.3 is 0 Å². The minimum absolute atomic E-state index is 0. The molecule has 0 bridgehead atoms. The molecule has 1 fully saturated rings. The van der Waals surface area contributed by atoms with Crippen molar-refractivity contribution in [3.05, 3.63) is 23.9 Å². The Morgan fingerprint density at radius 1 is 1.38 bits per heavy atom. The van der Waals surface area contributed by atoms with E-state index in [0.29, 0.717) is 6.54 Å². The predicted octanol–water partition coefficient (Wildman–Crippen LogP) is 1.95. The lowest BCUT2D eigenvalue weighted by Gasteiger charge is -2.29. The van der Waals surface area contributed by atoms with Crippen molar-refractivity contribution in [3.8, 4) is 0 Å². The molecule has 0 aromatic carbocycles. The molecule has 0 radical (unpaired) electrons. The maximum Gasteiger partial charge on any atom is 0.191 e. The number of hydrogen-bond acceptors (Lipinski definition) is 5. The van der Waals surface area contributed by atoms with Gasteiger partial charge in [0, 0.05) is 43.7 Å². The standard InChI is InChI=1S/C16H27N5OS.HI/c1-3-17-16(19-7-12-23-2)20-13-14-5-4-6-18-15(14)21-8-10-22-11-9-21;/h4-6H,3,7-13H2,1-2H3,(H2,17,19,20);1H. The van der Waals surface area contributed by atoms with Gasteiger partial charge in [-0.2, -0.15) is 11.8 Å². The molecule has 0 atom stereocenters. The van der Waals surface area contributed by atoms with Crippen LogP contribution in [0.1, 0.15) is 12.5 Å². The number of rotatable bonds is 7. The molecule has 24 heavy (non-hydrogen) atoms. The van der Waals surface area contributed by atoms with Crippen LogP contribution in [0.15, 0.2) is 23.3 Å². The first-order valence-electron chi connectivity index (χ1n) is 8.13. The fourth-order valence-corrected chi connectivity index (χ4v) is 2.70. The van der Waals surface area contributed by atoms with E-state index in [-0.39, 0.29) is 24.0 Å². The van der Waals surface area contributed by atoms with Crippen molar-refractivity contribution in [2.24, 2.45) is 4.99 Å². The zero-order valence-electron chi connectivity index (χ0n) is 14.5. The van der Waals surface area contributed by atoms with E-state index in [1.54, 1.807) is 0 Å². The third-order valence-corrected chi connectivity index (χ3v) is 4.14. The number of thioether (sulfide) groups is 1. The van der Waals surface area contributed by atoms with Crippen LogP contribution >= 0.6 is 35.7 Å². The number of pyridine rings is 1. The number of halogens is 1. The summed E-state index contributed by atoms with van der Waals surface area (Å²) >= 11 is 1.82. The van der Waals surface area contributed by atoms with Crippen molar-refractivity contribution in [2.45, 2.75) is 13.5 Å². The Balaban J connectivity index is 0.00000288. The van der Waals surface area contributed by atoms with Crippen molar-refractivity contribution < 1.29 is 4.74 Å². The zero-order chi connectivity index (χ0) is 16.3. The van der Waals surface area contributed by atoms with E-state index in [1.165, 1.54) is 0 Å². The van der Waals surface area contributed by atoms with Gasteiger partial charge < -0.3 is 20.3 Å². The zero-order valence-corrected chi connectivity index (χ0v) is 17.6. The monoisotopic (exact) mass is 465 g/mol. The van der Waals surface area contributed by atoms with Gasteiger partial charge in [0.05, 0.1) is 19.8 Å². The van der Waals surface area contributed by atoms with Gasteiger partial charge in [-0.1, -0.05) is 6.07 Å². The number of aromatic nitrogens is 1. The van der Waals surface area contributed by atoms with E-state index < -0.39 is 0 Å².